The fourth-order valence-corrected chi connectivity index (χ4v) is 5.24. The van der Waals surface area contributed by atoms with Gasteiger partial charge in [0.05, 0.1) is 41.1 Å². The molecule has 0 saturated carbocycles. The van der Waals surface area contributed by atoms with Crippen LogP contribution in [0.25, 0.3) is 0 Å². The number of nitrogens with zero attached hydrogens (tertiary/aromatic N) is 3. The molecule has 1 atom stereocenters. The molecule has 2 amide bonds. The standard InChI is InChI=1S/C30H33BrF3N3O3/c1-3-40-28(38)26-21(2)37(25-12-10-11-24(19-25)30(32,33)34)29(39)36(18-9-7-5-4-6-8-17-31)27(26)23-15-13-22(20-35)14-16-23/h10-16,19,27H,3-9,17-18H2,1-2H3/t27-/m1/s1. The number of anilines is 1. The number of rotatable bonds is 12. The molecule has 1 aliphatic rings. The van der Waals surface area contributed by atoms with Crippen LogP contribution in [0.15, 0.2) is 59.8 Å². The highest BCUT2D eigenvalue weighted by molar-refractivity contribution is 9.09. The summed E-state index contributed by atoms with van der Waals surface area (Å²) >= 11 is 3.43. The van der Waals surface area contributed by atoms with E-state index in [2.05, 4.69) is 22.0 Å². The number of benzene rings is 2. The van der Waals surface area contributed by atoms with Crippen LogP contribution in [-0.4, -0.2) is 35.4 Å². The largest absolute Gasteiger partial charge is 0.463 e. The van der Waals surface area contributed by atoms with Gasteiger partial charge in [-0.3, -0.25) is 4.90 Å². The topological polar surface area (TPSA) is 73.6 Å². The Morgan fingerprint density at radius 1 is 1.05 bits per heavy atom. The number of amides is 2. The zero-order chi connectivity index (χ0) is 29.3. The molecule has 40 heavy (non-hydrogen) atoms. The lowest BCUT2D eigenvalue weighted by molar-refractivity contribution is -0.139. The normalized spacial score (nSPS) is 15.8. The summed E-state index contributed by atoms with van der Waals surface area (Å²) in [7, 11) is 0. The summed E-state index contributed by atoms with van der Waals surface area (Å²) in [5.41, 5.74) is 0.509. The fourth-order valence-electron chi connectivity index (χ4n) is 4.85. The van der Waals surface area contributed by atoms with Crippen molar-refractivity contribution in [3.63, 3.8) is 0 Å². The minimum absolute atomic E-state index is 0.0113. The summed E-state index contributed by atoms with van der Waals surface area (Å²) in [5, 5.41) is 10.2. The van der Waals surface area contributed by atoms with Crippen LogP contribution in [0.4, 0.5) is 23.7 Å². The van der Waals surface area contributed by atoms with E-state index in [4.69, 9.17) is 4.74 Å². The van der Waals surface area contributed by atoms with Gasteiger partial charge in [0.15, 0.2) is 0 Å². The maximum absolute atomic E-state index is 14.1. The minimum atomic E-state index is -4.60. The molecule has 0 radical (unpaired) electrons. The van der Waals surface area contributed by atoms with E-state index in [1.807, 2.05) is 0 Å². The first-order valence-electron chi connectivity index (χ1n) is 13.4. The molecule has 0 fully saturated rings. The second kappa shape index (κ2) is 14.4. The van der Waals surface area contributed by atoms with Crippen LogP contribution in [0.2, 0.25) is 0 Å². The second-order valence-electron chi connectivity index (χ2n) is 9.53. The van der Waals surface area contributed by atoms with E-state index in [-0.39, 0.29) is 30.1 Å². The van der Waals surface area contributed by atoms with Crippen molar-refractivity contribution < 1.29 is 27.5 Å². The molecule has 214 valence electrons. The van der Waals surface area contributed by atoms with Gasteiger partial charge in [-0.1, -0.05) is 59.8 Å². The molecule has 1 aliphatic heterocycles. The Hall–Kier alpha value is -3.32. The lowest BCUT2D eigenvalue weighted by Gasteiger charge is -2.43. The van der Waals surface area contributed by atoms with Gasteiger partial charge in [-0.15, -0.1) is 0 Å². The van der Waals surface area contributed by atoms with E-state index >= 15 is 0 Å². The zero-order valence-electron chi connectivity index (χ0n) is 22.6. The van der Waals surface area contributed by atoms with E-state index in [1.165, 1.54) is 17.0 Å². The third kappa shape index (κ3) is 7.45. The van der Waals surface area contributed by atoms with Gasteiger partial charge in [0, 0.05) is 17.6 Å². The average molecular weight is 621 g/mol. The Bertz CT molecular complexity index is 1260. The van der Waals surface area contributed by atoms with Crippen molar-refractivity contribution in [2.24, 2.45) is 0 Å². The predicted octanol–water partition coefficient (Wildman–Crippen LogP) is 8.13. The number of allylic oxidation sites excluding steroid dienone is 1. The highest BCUT2D eigenvalue weighted by Crippen LogP contribution is 2.41. The first kappa shape index (κ1) is 31.2. The lowest BCUT2D eigenvalue weighted by Crippen LogP contribution is -2.51. The van der Waals surface area contributed by atoms with Gasteiger partial charge < -0.3 is 9.64 Å². The molecule has 1 heterocycles. The van der Waals surface area contributed by atoms with Crippen molar-refractivity contribution in [2.75, 3.05) is 23.4 Å². The molecule has 0 unspecified atom stereocenters. The molecule has 3 rings (SSSR count). The van der Waals surface area contributed by atoms with Crippen LogP contribution in [-0.2, 0) is 15.7 Å². The van der Waals surface area contributed by atoms with Crippen molar-refractivity contribution >= 4 is 33.6 Å². The number of hydrogen-bond donors (Lipinski definition) is 0. The third-order valence-corrected chi connectivity index (χ3v) is 7.37. The molecule has 0 spiro atoms. The number of halogens is 4. The molecule has 0 bridgehead atoms. The Kier molecular flexibility index (Phi) is 11.2. The van der Waals surface area contributed by atoms with Crippen LogP contribution < -0.4 is 4.90 Å². The number of esters is 1. The number of hydrogen-bond acceptors (Lipinski definition) is 4. The monoisotopic (exact) mass is 619 g/mol. The molecule has 0 aromatic heterocycles. The third-order valence-electron chi connectivity index (χ3n) is 6.81. The van der Waals surface area contributed by atoms with E-state index < -0.39 is 29.8 Å². The van der Waals surface area contributed by atoms with Crippen molar-refractivity contribution in [2.45, 2.75) is 64.6 Å². The van der Waals surface area contributed by atoms with Crippen LogP contribution in [0.1, 0.15) is 75.1 Å². The summed E-state index contributed by atoms with van der Waals surface area (Å²) in [6, 6.07) is 11.8. The van der Waals surface area contributed by atoms with Crippen LogP contribution >= 0.6 is 15.9 Å². The second-order valence-corrected chi connectivity index (χ2v) is 10.3. The fraction of sp³-hybridized carbons (Fsp3) is 0.433. The van der Waals surface area contributed by atoms with Gasteiger partial charge in [-0.2, -0.15) is 18.4 Å². The molecule has 2 aromatic rings. The van der Waals surface area contributed by atoms with Crippen LogP contribution in [0, 0.1) is 11.3 Å². The van der Waals surface area contributed by atoms with Crippen LogP contribution in [0.3, 0.4) is 0 Å². The molecular formula is C30H33BrF3N3O3. The summed E-state index contributed by atoms with van der Waals surface area (Å²) in [6.07, 6.45) is 1.13. The summed E-state index contributed by atoms with van der Waals surface area (Å²) < 4.78 is 46.0. The quantitative estimate of drug-likeness (QED) is 0.136. The van der Waals surface area contributed by atoms with Gasteiger partial charge in [-0.25, -0.2) is 9.59 Å². The predicted molar refractivity (Wildman–Crippen MR) is 151 cm³/mol. The minimum Gasteiger partial charge on any atom is -0.463 e. The molecule has 0 aliphatic carbocycles. The van der Waals surface area contributed by atoms with Gasteiger partial charge in [-0.05, 0) is 62.6 Å². The maximum Gasteiger partial charge on any atom is 0.416 e. The highest BCUT2D eigenvalue weighted by atomic mass is 79.9. The van der Waals surface area contributed by atoms with Gasteiger partial charge in [0.2, 0.25) is 0 Å². The summed E-state index contributed by atoms with van der Waals surface area (Å²) in [6.45, 7) is 3.58. The Morgan fingerprint density at radius 3 is 2.30 bits per heavy atom. The Morgan fingerprint density at radius 2 is 1.70 bits per heavy atom. The summed E-state index contributed by atoms with van der Waals surface area (Å²) in [4.78, 5) is 30.1. The molecule has 6 nitrogen and oxygen atoms in total. The van der Waals surface area contributed by atoms with Crippen molar-refractivity contribution in [3.05, 3.63) is 76.5 Å². The van der Waals surface area contributed by atoms with Crippen molar-refractivity contribution in [3.8, 4) is 6.07 Å². The van der Waals surface area contributed by atoms with Crippen molar-refractivity contribution in [1.82, 2.24) is 4.90 Å². The number of unbranched alkanes of at least 4 members (excludes halogenated alkanes) is 5. The number of carbonyl (C=O) groups is 2. The Balaban J connectivity index is 2.09. The maximum atomic E-state index is 14.1. The highest BCUT2D eigenvalue weighted by Gasteiger charge is 2.43. The van der Waals surface area contributed by atoms with Crippen LogP contribution in [0.5, 0.6) is 0 Å². The average Bonchev–Trinajstić information content (AvgIpc) is 2.93. The van der Waals surface area contributed by atoms with E-state index in [1.54, 1.807) is 38.1 Å². The van der Waals surface area contributed by atoms with E-state index in [0.717, 1.165) is 54.5 Å². The first-order chi connectivity index (χ1) is 19.1. The first-order valence-corrected chi connectivity index (χ1v) is 14.5. The zero-order valence-corrected chi connectivity index (χ0v) is 24.2. The van der Waals surface area contributed by atoms with Crippen molar-refractivity contribution in [1.29, 1.82) is 5.26 Å². The van der Waals surface area contributed by atoms with E-state index in [0.29, 0.717) is 17.5 Å². The number of alkyl halides is 4. The van der Waals surface area contributed by atoms with Gasteiger partial charge in [0.25, 0.3) is 0 Å². The molecule has 2 aromatic carbocycles. The molecule has 10 heteroatoms. The smallest absolute Gasteiger partial charge is 0.416 e. The molecule has 0 saturated heterocycles. The SMILES string of the molecule is CCOC(=O)C1=C(C)N(c2cccc(C(F)(F)F)c2)C(=O)N(CCCCCCCCBr)[C@@H]1c1ccc(C#N)cc1. The lowest BCUT2D eigenvalue weighted by atomic mass is 9.91. The molecule has 0 N–H and O–H groups in total. The number of carbonyl (C=O) groups excluding carboxylic acids is 2. The molecular weight excluding hydrogens is 587 g/mol. The van der Waals surface area contributed by atoms with Gasteiger partial charge >= 0.3 is 18.2 Å². The number of nitriles is 1. The number of ether oxygens (including phenoxy) is 1. The van der Waals surface area contributed by atoms with Gasteiger partial charge in [0.1, 0.15) is 0 Å². The number of urea groups is 1. The summed E-state index contributed by atoms with van der Waals surface area (Å²) in [5.74, 6) is -0.654. The van der Waals surface area contributed by atoms with E-state index in [9.17, 15) is 28.0 Å². The Labute approximate surface area is 241 Å².